The number of aliphatic hydroxyl groups is 1. The van der Waals surface area contributed by atoms with Crippen molar-refractivity contribution in [3.05, 3.63) is 59.7 Å². The van der Waals surface area contributed by atoms with Gasteiger partial charge in [0.2, 0.25) is 0 Å². The number of urea groups is 1. The summed E-state index contributed by atoms with van der Waals surface area (Å²) in [5.74, 6) is 0.725. The molecule has 6 nitrogen and oxygen atoms in total. The van der Waals surface area contributed by atoms with Crippen molar-refractivity contribution in [2.24, 2.45) is 0 Å². The molecule has 25 heavy (non-hydrogen) atoms. The highest BCUT2D eigenvalue weighted by Gasteiger charge is 2.13. The molecule has 0 aromatic heterocycles. The summed E-state index contributed by atoms with van der Waals surface area (Å²) >= 11 is 0. The van der Waals surface area contributed by atoms with Gasteiger partial charge in [0, 0.05) is 12.2 Å². The number of nitrogens with one attached hydrogen (secondary N) is 2. The number of aliphatic hydroxyl groups excluding tert-OH is 1. The third-order valence-corrected chi connectivity index (χ3v) is 3.66. The molecule has 2 aromatic rings. The van der Waals surface area contributed by atoms with Gasteiger partial charge in [-0.3, -0.25) is 0 Å². The van der Waals surface area contributed by atoms with E-state index in [9.17, 15) is 4.79 Å². The summed E-state index contributed by atoms with van der Waals surface area (Å²) in [6, 6.07) is 14.6. The minimum atomic E-state index is -0.325. The number of rotatable bonds is 8. The first kappa shape index (κ1) is 18.8. The number of ether oxygens (including phenoxy) is 2. The zero-order valence-corrected chi connectivity index (χ0v) is 14.5. The van der Waals surface area contributed by atoms with Crippen LogP contribution in [0, 0.1) is 6.92 Å². The van der Waals surface area contributed by atoms with Gasteiger partial charge in [0.25, 0.3) is 0 Å². The van der Waals surface area contributed by atoms with E-state index in [4.69, 9.17) is 14.6 Å². The summed E-state index contributed by atoms with van der Waals surface area (Å²) in [6.45, 7) is 2.44. The van der Waals surface area contributed by atoms with Crippen molar-refractivity contribution in [2.75, 3.05) is 32.2 Å². The van der Waals surface area contributed by atoms with Crippen LogP contribution in [0.2, 0.25) is 0 Å². The van der Waals surface area contributed by atoms with Crippen LogP contribution in [0.3, 0.4) is 0 Å². The van der Waals surface area contributed by atoms with Crippen LogP contribution < -0.4 is 15.4 Å². The maximum atomic E-state index is 12.1. The fourth-order valence-corrected chi connectivity index (χ4v) is 2.28. The zero-order chi connectivity index (χ0) is 18.1. The largest absolute Gasteiger partial charge is 0.497 e. The minimum Gasteiger partial charge on any atom is -0.497 e. The number of amides is 2. The molecule has 0 radical (unpaired) electrons. The maximum absolute atomic E-state index is 12.1. The molecular weight excluding hydrogens is 320 g/mol. The van der Waals surface area contributed by atoms with E-state index in [1.54, 1.807) is 31.4 Å². The summed E-state index contributed by atoms with van der Waals surface area (Å²) in [5.41, 5.74) is 2.76. The molecule has 3 N–H and O–H groups in total. The molecule has 0 aliphatic heterocycles. The fourth-order valence-electron chi connectivity index (χ4n) is 2.28. The van der Waals surface area contributed by atoms with Gasteiger partial charge in [-0.25, -0.2) is 4.79 Å². The number of carbonyl (C=O) groups excluding carboxylic acids is 1. The lowest BCUT2D eigenvalue weighted by atomic mass is 10.1. The first-order valence-corrected chi connectivity index (χ1v) is 8.10. The van der Waals surface area contributed by atoms with Gasteiger partial charge < -0.3 is 25.2 Å². The van der Waals surface area contributed by atoms with E-state index in [1.807, 2.05) is 31.2 Å². The monoisotopic (exact) mass is 344 g/mol. The highest BCUT2D eigenvalue weighted by molar-refractivity contribution is 5.89. The van der Waals surface area contributed by atoms with Gasteiger partial charge in [-0.05, 0) is 36.8 Å². The van der Waals surface area contributed by atoms with Crippen LogP contribution >= 0.6 is 0 Å². The average Bonchev–Trinajstić information content (AvgIpc) is 2.63. The molecule has 0 heterocycles. The van der Waals surface area contributed by atoms with Gasteiger partial charge in [0.15, 0.2) is 0 Å². The zero-order valence-electron chi connectivity index (χ0n) is 14.5. The Hall–Kier alpha value is -2.57. The third-order valence-electron chi connectivity index (χ3n) is 3.66. The second-order valence-corrected chi connectivity index (χ2v) is 5.56. The number of hydrogen-bond donors (Lipinski definition) is 3. The average molecular weight is 344 g/mol. The molecule has 134 valence electrons. The molecule has 0 aliphatic carbocycles. The van der Waals surface area contributed by atoms with Crippen molar-refractivity contribution in [3.63, 3.8) is 0 Å². The first-order valence-electron chi connectivity index (χ1n) is 8.10. The second kappa shape index (κ2) is 9.66. The van der Waals surface area contributed by atoms with Crippen molar-refractivity contribution >= 4 is 11.7 Å². The molecule has 0 saturated heterocycles. The predicted molar refractivity (Wildman–Crippen MR) is 97.0 cm³/mol. The molecule has 2 aromatic carbocycles. The highest BCUT2D eigenvalue weighted by Crippen LogP contribution is 2.18. The quantitative estimate of drug-likeness (QED) is 0.688. The van der Waals surface area contributed by atoms with E-state index < -0.39 is 0 Å². The number of carbonyl (C=O) groups is 1. The van der Waals surface area contributed by atoms with E-state index in [0.29, 0.717) is 12.2 Å². The Morgan fingerprint density at radius 3 is 2.40 bits per heavy atom. The maximum Gasteiger partial charge on any atom is 0.319 e. The van der Waals surface area contributed by atoms with Gasteiger partial charge in [0.05, 0.1) is 26.4 Å². The van der Waals surface area contributed by atoms with Crippen LogP contribution in [0.1, 0.15) is 17.2 Å². The molecule has 2 rings (SSSR count). The summed E-state index contributed by atoms with van der Waals surface area (Å²) < 4.78 is 10.7. The lowest BCUT2D eigenvalue weighted by Crippen LogP contribution is -2.33. The van der Waals surface area contributed by atoms with Crippen LogP contribution in [0.25, 0.3) is 0 Å². The standard InChI is InChI=1S/C19H24N2O4/c1-14-3-5-15(6-4-14)18(25-12-11-22)13-20-19(23)21-16-7-9-17(24-2)10-8-16/h3-10,18,22H,11-13H2,1-2H3,(H2,20,21,23). The van der Waals surface area contributed by atoms with E-state index in [-0.39, 0.29) is 25.3 Å². The molecule has 0 aliphatic rings. The molecule has 1 unspecified atom stereocenters. The van der Waals surface area contributed by atoms with Crippen molar-refractivity contribution in [1.82, 2.24) is 5.32 Å². The van der Waals surface area contributed by atoms with Crippen molar-refractivity contribution in [3.8, 4) is 5.75 Å². The number of anilines is 1. The number of methoxy groups -OCH3 is 1. The molecule has 0 saturated carbocycles. The summed E-state index contributed by atoms with van der Waals surface area (Å²) in [7, 11) is 1.59. The highest BCUT2D eigenvalue weighted by atomic mass is 16.5. The van der Waals surface area contributed by atoms with Crippen molar-refractivity contribution < 1.29 is 19.4 Å². The molecule has 0 bridgehead atoms. The lowest BCUT2D eigenvalue weighted by molar-refractivity contribution is 0.0297. The number of aryl methyl sites for hydroxylation is 1. The van der Waals surface area contributed by atoms with Crippen LogP contribution in [0.4, 0.5) is 10.5 Å². The second-order valence-electron chi connectivity index (χ2n) is 5.56. The van der Waals surface area contributed by atoms with Crippen molar-refractivity contribution in [2.45, 2.75) is 13.0 Å². The normalized spacial score (nSPS) is 11.6. The Balaban J connectivity index is 1.91. The van der Waals surface area contributed by atoms with Gasteiger partial charge in [-0.15, -0.1) is 0 Å². The Bertz CT molecular complexity index is 656. The lowest BCUT2D eigenvalue weighted by Gasteiger charge is -2.19. The van der Waals surface area contributed by atoms with Crippen LogP contribution in [0.5, 0.6) is 5.75 Å². The Labute approximate surface area is 147 Å². The predicted octanol–water partition coefficient (Wildman–Crippen LogP) is 2.88. The molecule has 6 heteroatoms. The van der Waals surface area contributed by atoms with E-state index >= 15 is 0 Å². The molecule has 2 amide bonds. The smallest absolute Gasteiger partial charge is 0.319 e. The van der Waals surface area contributed by atoms with Gasteiger partial charge >= 0.3 is 6.03 Å². The summed E-state index contributed by atoms with van der Waals surface area (Å²) in [6.07, 6.45) is -0.325. The van der Waals surface area contributed by atoms with Crippen LogP contribution in [-0.4, -0.2) is 38.0 Å². The summed E-state index contributed by atoms with van der Waals surface area (Å²) in [5, 5.41) is 14.5. The van der Waals surface area contributed by atoms with E-state index in [1.165, 1.54) is 0 Å². The summed E-state index contributed by atoms with van der Waals surface area (Å²) in [4.78, 5) is 12.1. The molecule has 0 spiro atoms. The fraction of sp³-hybridized carbons (Fsp3) is 0.316. The Morgan fingerprint density at radius 1 is 1.12 bits per heavy atom. The SMILES string of the molecule is COc1ccc(NC(=O)NCC(OCCO)c2ccc(C)cc2)cc1. The molecular formula is C19H24N2O4. The Kier molecular flexibility index (Phi) is 7.25. The van der Waals surface area contributed by atoms with Gasteiger partial charge in [0.1, 0.15) is 5.75 Å². The van der Waals surface area contributed by atoms with Crippen LogP contribution in [0.15, 0.2) is 48.5 Å². The molecule has 1 atom stereocenters. The first-order chi connectivity index (χ1) is 12.1. The van der Waals surface area contributed by atoms with E-state index in [0.717, 1.165) is 16.9 Å². The van der Waals surface area contributed by atoms with Gasteiger partial charge in [-0.1, -0.05) is 29.8 Å². The number of hydrogen-bond acceptors (Lipinski definition) is 4. The van der Waals surface area contributed by atoms with Gasteiger partial charge in [-0.2, -0.15) is 0 Å². The number of benzene rings is 2. The minimum absolute atomic E-state index is 0.0690. The molecule has 0 fully saturated rings. The third kappa shape index (κ3) is 6.10. The Morgan fingerprint density at radius 2 is 1.80 bits per heavy atom. The van der Waals surface area contributed by atoms with Crippen molar-refractivity contribution in [1.29, 1.82) is 0 Å². The van der Waals surface area contributed by atoms with Crippen LogP contribution in [-0.2, 0) is 4.74 Å². The topological polar surface area (TPSA) is 79.8 Å². The van der Waals surface area contributed by atoms with E-state index in [2.05, 4.69) is 10.6 Å².